The lowest BCUT2D eigenvalue weighted by molar-refractivity contribution is -0.252. The molecular formula is C43H52N4O6. The molecule has 4 unspecified atom stereocenters. The number of nitrogens with two attached hydrogens (primary N) is 1. The van der Waals surface area contributed by atoms with Gasteiger partial charge >= 0.3 is 0 Å². The fourth-order valence-electron chi connectivity index (χ4n) is 7.03. The Hall–Kier alpha value is -4.58. The summed E-state index contributed by atoms with van der Waals surface area (Å²) < 4.78 is 13.1. The molecule has 4 atom stereocenters. The van der Waals surface area contributed by atoms with Crippen LogP contribution in [0.15, 0.2) is 97.1 Å². The average molecular weight is 721 g/mol. The summed E-state index contributed by atoms with van der Waals surface area (Å²) in [5.41, 5.74) is 13.1. The number of hydrogen-bond donors (Lipinski definition) is 5. The lowest BCUT2D eigenvalue weighted by atomic mass is 9.99. The summed E-state index contributed by atoms with van der Waals surface area (Å²) in [4.78, 5) is 27.0. The minimum atomic E-state index is -0.543. The topological polar surface area (TPSA) is 146 Å². The molecular weight excluding hydrogens is 668 g/mol. The zero-order chi connectivity index (χ0) is 37.0. The van der Waals surface area contributed by atoms with E-state index in [4.69, 9.17) is 15.2 Å². The summed E-state index contributed by atoms with van der Waals surface area (Å²) in [7, 11) is 0. The maximum absolute atomic E-state index is 12.6. The quantitative estimate of drug-likeness (QED) is 0.0640. The number of anilines is 2. The molecule has 2 heterocycles. The zero-order valence-electron chi connectivity index (χ0n) is 30.3. The Kier molecular flexibility index (Phi) is 13.6. The van der Waals surface area contributed by atoms with Crippen molar-refractivity contribution in [2.45, 2.75) is 89.1 Å². The van der Waals surface area contributed by atoms with Crippen molar-refractivity contribution in [2.75, 3.05) is 30.7 Å². The molecule has 2 fully saturated rings. The van der Waals surface area contributed by atoms with E-state index in [1.165, 1.54) is 0 Å². The lowest BCUT2D eigenvalue weighted by Gasteiger charge is -2.37. The first-order chi connectivity index (χ1) is 25.8. The van der Waals surface area contributed by atoms with Gasteiger partial charge in [0.05, 0.1) is 36.3 Å². The van der Waals surface area contributed by atoms with Gasteiger partial charge in [-0.3, -0.25) is 14.5 Å². The van der Waals surface area contributed by atoms with Gasteiger partial charge in [-0.2, -0.15) is 0 Å². The van der Waals surface area contributed by atoms with Gasteiger partial charge in [-0.25, -0.2) is 0 Å². The largest absolute Gasteiger partial charge is 0.397 e. The highest BCUT2D eigenvalue weighted by Gasteiger charge is 2.34. The van der Waals surface area contributed by atoms with E-state index in [1.807, 2.05) is 60.7 Å². The van der Waals surface area contributed by atoms with Crippen LogP contribution < -0.4 is 16.4 Å². The van der Waals surface area contributed by atoms with Gasteiger partial charge in [-0.05, 0) is 65.3 Å². The number of carbonyl (C=O) groups is 2. The average Bonchev–Trinajstić information content (AvgIpc) is 3.60. The van der Waals surface area contributed by atoms with E-state index in [0.29, 0.717) is 43.7 Å². The highest BCUT2D eigenvalue weighted by Crippen LogP contribution is 2.39. The van der Waals surface area contributed by atoms with E-state index >= 15 is 0 Å². The van der Waals surface area contributed by atoms with Gasteiger partial charge in [0.2, 0.25) is 11.8 Å². The number of rotatable bonds is 16. The van der Waals surface area contributed by atoms with Crippen LogP contribution in [-0.2, 0) is 32.2 Å². The highest BCUT2D eigenvalue weighted by molar-refractivity contribution is 5.93. The van der Waals surface area contributed by atoms with Crippen LogP contribution in [0.5, 0.6) is 0 Å². The Labute approximate surface area is 312 Å². The number of likely N-dealkylation sites (tertiary alicyclic amines) is 1. The zero-order valence-corrected chi connectivity index (χ0v) is 30.3. The van der Waals surface area contributed by atoms with Crippen LogP contribution in [0, 0.1) is 0 Å². The van der Waals surface area contributed by atoms with Crippen molar-refractivity contribution in [2.24, 2.45) is 0 Å². The van der Waals surface area contributed by atoms with Crippen LogP contribution in [0.3, 0.4) is 0 Å². The minimum absolute atomic E-state index is 0.000456. The third kappa shape index (κ3) is 11.2. The molecule has 10 nitrogen and oxygen atoms in total. The second kappa shape index (κ2) is 19.0. The van der Waals surface area contributed by atoms with Crippen LogP contribution in [0.2, 0.25) is 0 Å². The van der Waals surface area contributed by atoms with Gasteiger partial charge < -0.3 is 36.1 Å². The third-order valence-corrected chi connectivity index (χ3v) is 10.0. The normalized spacial score (nSPS) is 20.3. The highest BCUT2D eigenvalue weighted by atomic mass is 16.7. The minimum Gasteiger partial charge on any atom is -0.397 e. The maximum atomic E-state index is 12.6. The second-order valence-electron chi connectivity index (χ2n) is 14.2. The summed E-state index contributed by atoms with van der Waals surface area (Å²) in [6, 6.07) is 31.6. The summed E-state index contributed by atoms with van der Waals surface area (Å²) in [5, 5.41) is 25.5. The van der Waals surface area contributed by atoms with Crippen molar-refractivity contribution in [1.82, 2.24) is 10.2 Å². The molecule has 0 saturated carbocycles. The molecule has 53 heavy (non-hydrogen) atoms. The molecule has 4 aromatic rings. The number of nitrogens with one attached hydrogen (secondary N) is 2. The Bertz CT molecular complexity index is 1780. The number of para-hydroxylation sites is 2. The van der Waals surface area contributed by atoms with Gasteiger partial charge in [-0.1, -0.05) is 91.7 Å². The van der Waals surface area contributed by atoms with Crippen LogP contribution in [0.25, 0.3) is 11.1 Å². The summed E-state index contributed by atoms with van der Waals surface area (Å²) in [6.07, 6.45) is 4.62. The summed E-state index contributed by atoms with van der Waals surface area (Å²) in [6.45, 7) is 2.70. The molecule has 4 aromatic carbocycles. The van der Waals surface area contributed by atoms with Crippen LogP contribution in [-0.4, -0.2) is 58.8 Å². The van der Waals surface area contributed by atoms with Gasteiger partial charge in [0.15, 0.2) is 6.29 Å². The Morgan fingerprint density at radius 3 is 2.25 bits per heavy atom. The fraction of sp³-hybridized carbons (Fsp3) is 0.395. The number of nitrogen functional groups attached to an aromatic ring is 1. The molecule has 0 bridgehead atoms. The molecule has 0 aliphatic carbocycles. The monoisotopic (exact) mass is 720 g/mol. The van der Waals surface area contributed by atoms with Gasteiger partial charge in [0.1, 0.15) is 0 Å². The predicted octanol–water partition coefficient (Wildman–Crippen LogP) is 6.64. The smallest absolute Gasteiger partial charge is 0.224 e. The summed E-state index contributed by atoms with van der Waals surface area (Å²) in [5.74, 6) is -0.0299. The van der Waals surface area contributed by atoms with Crippen molar-refractivity contribution < 1.29 is 29.3 Å². The molecule has 2 amide bonds. The Morgan fingerprint density at radius 1 is 0.792 bits per heavy atom. The number of aliphatic hydroxyl groups excluding tert-OH is 2. The number of nitrogens with zero attached hydrogens (tertiary/aromatic N) is 1. The first-order valence-corrected chi connectivity index (χ1v) is 18.8. The molecule has 2 aliphatic rings. The van der Waals surface area contributed by atoms with E-state index in [2.05, 4.69) is 39.8 Å². The first kappa shape index (κ1) is 38.2. The standard InChI is InChI=1S/C43H52N4O6/c44-38-10-5-6-11-39(38)46-42(51)13-4-2-1-3-12-41(50)45-26-31-8-7-9-35(24-31)32-18-20-34(21-19-32)43-52-37(28-47-23-22-36(49)27-47)25-40(53-43)33-16-14-30(29-48)15-17-33/h5-11,14-21,24,36-37,40,43,48-49H,1-4,12-13,22-23,25-29,44H2,(H,45,50)(H,46,51). The molecule has 0 radical (unpaired) electrons. The number of β-amino-alcohol motifs (C(OH)–C–C–N with tert-alkyl or cyclic N) is 1. The number of hydrogen-bond acceptors (Lipinski definition) is 8. The van der Waals surface area contributed by atoms with Crippen LogP contribution in [0.4, 0.5) is 11.4 Å². The Balaban J connectivity index is 0.969. The number of ether oxygens (including phenoxy) is 2. The molecule has 2 saturated heterocycles. The van der Waals surface area contributed by atoms with E-state index in [1.54, 1.807) is 12.1 Å². The van der Waals surface area contributed by atoms with E-state index in [0.717, 1.165) is 78.6 Å². The van der Waals surface area contributed by atoms with E-state index in [-0.39, 0.29) is 36.7 Å². The Morgan fingerprint density at radius 2 is 1.53 bits per heavy atom. The number of benzene rings is 4. The van der Waals surface area contributed by atoms with Gasteiger partial charge in [0, 0.05) is 51.0 Å². The molecule has 0 spiro atoms. The molecule has 0 aromatic heterocycles. The molecule has 6 N–H and O–H groups in total. The molecule has 10 heteroatoms. The van der Waals surface area contributed by atoms with Crippen molar-refractivity contribution in [3.05, 3.63) is 119 Å². The number of amides is 2. The van der Waals surface area contributed by atoms with Gasteiger partial charge in [-0.15, -0.1) is 0 Å². The summed E-state index contributed by atoms with van der Waals surface area (Å²) >= 11 is 0. The number of carbonyl (C=O) groups excluding carboxylic acids is 2. The SMILES string of the molecule is Nc1ccccc1NC(=O)CCCCCCC(=O)NCc1cccc(-c2ccc(C3OC(CN4CCC(O)C4)CC(c4ccc(CO)cc4)O3)cc2)c1. The van der Waals surface area contributed by atoms with E-state index in [9.17, 15) is 19.8 Å². The van der Waals surface area contributed by atoms with Crippen LogP contribution in [0.1, 0.15) is 86.0 Å². The third-order valence-electron chi connectivity index (χ3n) is 10.0. The van der Waals surface area contributed by atoms with E-state index < -0.39 is 6.29 Å². The van der Waals surface area contributed by atoms with Crippen molar-refractivity contribution in [3.8, 4) is 11.1 Å². The fourth-order valence-corrected chi connectivity index (χ4v) is 7.03. The van der Waals surface area contributed by atoms with Crippen molar-refractivity contribution in [3.63, 3.8) is 0 Å². The number of unbranched alkanes of at least 4 members (excludes halogenated alkanes) is 3. The first-order valence-electron chi connectivity index (χ1n) is 18.8. The second-order valence-corrected chi connectivity index (χ2v) is 14.2. The maximum Gasteiger partial charge on any atom is 0.224 e. The molecule has 6 rings (SSSR count). The molecule has 2 aliphatic heterocycles. The van der Waals surface area contributed by atoms with Gasteiger partial charge in [0.25, 0.3) is 0 Å². The van der Waals surface area contributed by atoms with Crippen LogP contribution >= 0.6 is 0 Å². The predicted molar refractivity (Wildman–Crippen MR) is 206 cm³/mol. The molecule has 280 valence electrons. The van der Waals surface area contributed by atoms with Crippen molar-refractivity contribution >= 4 is 23.2 Å². The van der Waals surface area contributed by atoms with Crippen molar-refractivity contribution in [1.29, 1.82) is 0 Å². The number of aliphatic hydroxyl groups is 2. The lowest BCUT2D eigenvalue weighted by Crippen LogP contribution is -2.38.